The fourth-order valence-corrected chi connectivity index (χ4v) is 4.53. The molecule has 2 atom stereocenters. The number of morpholine rings is 1. The van der Waals surface area contributed by atoms with Crippen LogP contribution in [0.5, 0.6) is 5.75 Å². The van der Waals surface area contributed by atoms with E-state index in [0.717, 1.165) is 55.9 Å². The Balaban J connectivity index is 1.59. The summed E-state index contributed by atoms with van der Waals surface area (Å²) in [6, 6.07) is 6.06. The molecule has 1 aliphatic carbocycles. The Morgan fingerprint density at radius 1 is 1.24 bits per heavy atom. The van der Waals surface area contributed by atoms with Crippen molar-refractivity contribution in [1.29, 1.82) is 0 Å². The second-order valence-corrected chi connectivity index (χ2v) is 8.22. The van der Waals surface area contributed by atoms with Gasteiger partial charge in [-0.2, -0.15) is 5.10 Å². The van der Waals surface area contributed by atoms with Gasteiger partial charge in [0.25, 0.3) is 5.91 Å². The summed E-state index contributed by atoms with van der Waals surface area (Å²) < 4.78 is 13.0. The SMILES string of the molecule is COc1cccc2c(C(=O)NC3CCCC[C@H]3C)nn(CCN3CCOCC3)c12. The lowest BCUT2D eigenvalue weighted by Crippen LogP contribution is -2.41. The second-order valence-electron chi connectivity index (χ2n) is 8.22. The highest BCUT2D eigenvalue weighted by molar-refractivity contribution is 6.06. The van der Waals surface area contributed by atoms with E-state index in [4.69, 9.17) is 14.6 Å². The monoisotopic (exact) mass is 400 g/mol. The zero-order chi connectivity index (χ0) is 20.2. The molecule has 1 aliphatic heterocycles. The van der Waals surface area contributed by atoms with Crippen LogP contribution in [0.3, 0.4) is 0 Å². The van der Waals surface area contributed by atoms with Crippen molar-refractivity contribution in [1.82, 2.24) is 20.0 Å². The predicted molar refractivity (Wildman–Crippen MR) is 112 cm³/mol. The summed E-state index contributed by atoms with van der Waals surface area (Å²) >= 11 is 0. The van der Waals surface area contributed by atoms with E-state index in [1.807, 2.05) is 22.9 Å². The molecular weight excluding hydrogens is 368 g/mol. The van der Waals surface area contributed by atoms with Gasteiger partial charge in [0.1, 0.15) is 11.3 Å². The Kier molecular flexibility index (Phi) is 6.35. The smallest absolute Gasteiger partial charge is 0.272 e. The fourth-order valence-electron chi connectivity index (χ4n) is 4.53. The van der Waals surface area contributed by atoms with Gasteiger partial charge in [0.2, 0.25) is 0 Å². The van der Waals surface area contributed by atoms with Gasteiger partial charge < -0.3 is 14.8 Å². The molecule has 2 heterocycles. The van der Waals surface area contributed by atoms with Gasteiger partial charge in [-0.1, -0.05) is 31.9 Å². The first-order chi connectivity index (χ1) is 14.2. The summed E-state index contributed by atoms with van der Waals surface area (Å²) in [6.45, 7) is 7.23. The highest BCUT2D eigenvalue weighted by atomic mass is 16.5. The molecule has 1 saturated carbocycles. The number of ether oxygens (including phenoxy) is 2. The van der Waals surface area contributed by atoms with Gasteiger partial charge in [0.05, 0.1) is 26.9 Å². The van der Waals surface area contributed by atoms with Gasteiger partial charge in [-0.15, -0.1) is 0 Å². The molecule has 1 amide bonds. The zero-order valence-corrected chi connectivity index (χ0v) is 17.5. The van der Waals surface area contributed by atoms with Gasteiger partial charge in [-0.25, -0.2) is 0 Å². The van der Waals surface area contributed by atoms with E-state index in [1.54, 1.807) is 7.11 Å². The molecule has 1 N–H and O–H groups in total. The van der Waals surface area contributed by atoms with Crippen LogP contribution in [-0.2, 0) is 11.3 Å². The highest BCUT2D eigenvalue weighted by Gasteiger charge is 2.26. The number of nitrogens with zero attached hydrogens (tertiary/aromatic N) is 3. The van der Waals surface area contributed by atoms with Gasteiger partial charge in [-0.05, 0) is 24.8 Å². The van der Waals surface area contributed by atoms with Crippen LogP contribution in [0.25, 0.3) is 10.9 Å². The summed E-state index contributed by atoms with van der Waals surface area (Å²) in [5.41, 5.74) is 1.39. The number of carbonyl (C=O) groups is 1. The number of hydrogen-bond donors (Lipinski definition) is 1. The Hall–Kier alpha value is -2.12. The number of nitrogens with one attached hydrogen (secondary N) is 1. The van der Waals surface area contributed by atoms with Gasteiger partial charge in [0, 0.05) is 31.1 Å². The van der Waals surface area contributed by atoms with Crippen LogP contribution in [0.1, 0.15) is 43.1 Å². The maximum atomic E-state index is 13.1. The lowest BCUT2D eigenvalue weighted by molar-refractivity contribution is 0.0361. The molecule has 4 rings (SSSR count). The van der Waals surface area contributed by atoms with Gasteiger partial charge in [0.15, 0.2) is 5.69 Å². The van der Waals surface area contributed by atoms with Gasteiger partial charge >= 0.3 is 0 Å². The Bertz CT molecular complexity index is 844. The number of rotatable bonds is 6. The van der Waals surface area contributed by atoms with Crippen molar-refractivity contribution in [2.24, 2.45) is 5.92 Å². The number of fused-ring (bicyclic) bond motifs is 1. The number of aromatic nitrogens is 2. The van der Waals surface area contributed by atoms with Crippen LogP contribution in [-0.4, -0.2) is 66.6 Å². The molecular formula is C22H32N4O3. The van der Waals surface area contributed by atoms with E-state index in [2.05, 4.69) is 17.1 Å². The molecule has 0 spiro atoms. The lowest BCUT2D eigenvalue weighted by Gasteiger charge is -2.29. The number of para-hydroxylation sites is 1. The maximum absolute atomic E-state index is 13.1. The highest BCUT2D eigenvalue weighted by Crippen LogP contribution is 2.29. The summed E-state index contributed by atoms with van der Waals surface area (Å²) in [5, 5.41) is 8.84. The summed E-state index contributed by atoms with van der Waals surface area (Å²) in [6.07, 6.45) is 4.65. The fraction of sp³-hybridized carbons (Fsp3) is 0.636. The number of hydrogen-bond acceptors (Lipinski definition) is 5. The molecule has 0 bridgehead atoms. The normalized spacial score (nSPS) is 23.2. The molecule has 2 fully saturated rings. The molecule has 1 saturated heterocycles. The minimum absolute atomic E-state index is 0.0767. The third kappa shape index (κ3) is 4.41. The molecule has 1 unspecified atom stereocenters. The first-order valence-electron chi connectivity index (χ1n) is 10.8. The molecule has 1 aromatic carbocycles. The minimum Gasteiger partial charge on any atom is -0.494 e. The van der Waals surface area contributed by atoms with Crippen LogP contribution in [0.15, 0.2) is 18.2 Å². The average molecular weight is 401 g/mol. The van der Waals surface area contributed by atoms with E-state index in [-0.39, 0.29) is 11.9 Å². The van der Waals surface area contributed by atoms with Crippen molar-refractivity contribution in [3.63, 3.8) is 0 Å². The van der Waals surface area contributed by atoms with E-state index in [9.17, 15) is 4.79 Å². The molecule has 2 aliphatic rings. The van der Waals surface area contributed by atoms with E-state index >= 15 is 0 Å². The van der Waals surface area contributed by atoms with Crippen molar-refractivity contribution in [2.45, 2.75) is 45.2 Å². The average Bonchev–Trinajstić information content (AvgIpc) is 3.14. The van der Waals surface area contributed by atoms with Gasteiger partial charge in [-0.3, -0.25) is 14.4 Å². The van der Waals surface area contributed by atoms with Crippen LogP contribution in [0.4, 0.5) is 0 Å². The first-order valence-corrected chi connectivity index (χ1v) is 10.8. The van der Waals surface area contributed by atoms with Crippen LogP contribution < -0.4 is 10.1 Å². The molecule has 0 radical (unpaired) electrons. The molecule has 1 aromatic heterocycles. The van der Waals surface area contributed by atoms with Crippen molar-refractivity contribution >= 4 is 16.8 Å². The Morgan fingerprint density at radius 2 is 2.03 bits per heavy atom. The third-order valence-corrected chi connectivity index (χ3v) is 6.33. The maximum Gasteiger partial charge on any atom is 0.272 e. The zero-order valence-electron chi connectivity index (χ0n) is 17.5. The molecule has 158 valence electrons. The van der Waals surface area contributed by atoms with Crippen LogP contribution in [0.2, 0.25) is 0 Å². The number of amides is 1. The second kappa shape index (κ2) is 9.13. The molecule has 2 aromatic rings. The largest absolute Gasteiger partial charge is 0.494 e. The number of carbonyl (C=O) groups excluding carboxylic acids is 1. The van der Waals surface area contributed by atoms with Crippen molar-refractivity contribution in [3.05, 3.63) is 23.9 Å². The van der Waals surface area contributed by atoms with E-state index in [0.29, 0.717) is 18.2 Å². The van der Waals surface area contributed by atoms with Crippen LogP contribution >= 0.6 is 0 Å². The molecule has 7 heteroatoms. The summed E-state index contributed by atoms with van der Waals surface area (Å²) in [5.74, 6) is 1.19. The van der Waals surface area contributed by atoms with E-state index < -0.39 is 0 Å². The van der Waals surface area contributed by atoms with Crippen molar-refractivity contribution in [2.75, 3.05) is 40.0 Å². The number of benzene rings is 1. The Labute approximate surface area is 172 Å². The summed E-state index contributed by atoms with van der Waals surface area (Å²) in [7, 11) is 1.66. The minimum atomic E-state index is -0.0767. The quantitative estimate of drug-likeness (QED) is 0.807. The predicted octanol–water partition coefficient (Wildman–Crippen LogP) is 2.69. The van der Waals surface area contributed by atoms with E-state index in [1.165, 1.54) is 19.3 Å². The number of methoxy groups -OCH3 is 1. The third-order valence-electron chi connectivity index (χ3n) is 6.33. The standard InChI is InChI=1S/C22H32N4O3/c1-16-6-3-4-8-18(16)23-22(27)20-17-7-5-9-19(28-2)21(17)26(24-20)11-10-25-12-14-29-15-13-25/h5,7,9,16,18H,3-4,6,8,10-15H2,1-2H3,(H,23,27)/t16-,18?/m1/s1. The first kappa shape index (κ1) is 20.2. The lowest BCUT2D eigenvalue weighted by atomic mass is 9.86. The molecule has 7 nitrogen and oxygen atoms in total. The summed E-state index contributed by atoms with van der Waals surface area (Å²) in [4.78, 5) is 15.5. The topological polar surface area (TPSA) is 68.6 Å². The Morgan fingerprint density at radius 3 is 2.79 bits per heavy atom. The van der Waals surface area contributed by atoms with Crippen molar-refractivity contribution in [3.8, 4) is 5.75 Å². The van der Waals surface area contributed by atoms with Crippen molar-refractivity contribution < 1.29 is 14.3 Å². The molecule has 29 heavy (non-hydrogen) atoms. The van der Waals surface area contributed by atoms with Crippen LogP contribution in [0, 0.1) is 5.92 Å².